The van der Waals surface area contributed by atoms with Crippen molar-refractivity contribution in [2.45, 2.75) is 25.9 Å². The summed E-state index contributed by atoms with van der Waals surface area (Å²) in [6.45, 7) is -0.781. The maximum absolute atomic E-state index is 12.6. The first-order valence-electron chi connectivity index (χ1n) is 7.69. The number of ether oxygens (including phenoxy) is 1. The zero-order valence-corrected chi connectivity index (χ0v) is 15.0. The third-order valence-corrected chi connectivity index (χ3v) is 4.33. The van der Waals surface area contributed by atoms with Crippen molar-refractivity contribution >= 4 is 29.9 Å². The van der Waals surface area contributed by atoms with E-state index in [1.54, 1.807) is 4.90 Å². The zero-order valence-electron chi connectivity index (χ0n) is 13.4. The smallest absolute Gasteiger partial charge is 0.387 e. The van der Waals surface area contributed by atoms with Crippen molar-refractivity contribution in [3.63, 3.8) is 0 Å². The number of alkyl halides is 2. The number of rotatable bonds is 6. The van der Waals surface area contributed by atoms with Crippen LogP contribution in [0.1, 0.15) is 29.6 Å². The summed E-state index contributed by atoms with van der Waals surface area (Å²) in [5.41, 5.74) is 0.0893. The Labute approximate surface area is 151 Å². The number of likely N-dealkylation sites (tertiary alicyclic amines) is 1. The molecule has 2 rings (SSSR count). The summed E-state index contributed by atoms with van der Waals surface area (Å²) < 4.78 is 29.4. The lowest BCUT2D eigenvalue weighted by molar-refractivity contribution is -0.0503. The van der Waals surface area contributed by atoms with Gasteiger partial charge in [0, 0.05) is 18.1 Å². The van der Waals surface area contributed by atoms with Gasteiger partial charge in [-0.2, -0.15) is 8.78 Å². The molecule has 1 heterocycles. The van der Waals surface area contributed by atoms with E-state index in [0.29, 0.717) is 24.0 Å². The first-order valence-corrected chi connectivity index (χ1v) is 8.07. The molecular formula is C16H22Cl2F2N2O2. The molecule has 0 aromatic heterocycles. The van der Waals surface area contributed by atoms with Crippen LogP contribution < -0.4 is 10.1 Å². The van der Waals surface area contributed by atoms with E-state index in [-0.39, 0.29) is 29.6 Å². The lowest BCUT2D eigenvalue weighted by Gasteiger charge is -2.32. The van der Waals surface area contributed by atoms with Gasteiger partial charge in [0.2, 0.25) is 0 Å². The van der Waals surface area contributed by atoms with Crippen LogP contribution in [-0.4, -0.2) is 44.1 Å². The van der Waals surface area contributed by atoms with Crippen molar-refractivity contribution in [2.24, 2.45) is 5.92 Å². The molecule has 0 radical (unpaired) electrons. The number of amides is 1. The van der Waals surface area contributed by atoms with Gasteiger partial charge in [-0.1, -0.05) is 11.6 Å². The Balaban J connectivity index is 0.00000288. The molecule has 24 heavy (non-hydrogen) atoms. The van der Waals surface area contributed by atoms with E-state index < -0.39 is 6.61 Å². The fraction of sp³-hybridized carbons (Fsp3) is 0.562. The van der Waals surface area contributed by atoms with E-state index in [9.17, 15) is 13.6 Å². The summed E-state index contributed by atoms with van der Waals surface area (Å²) in [6, 6.07) is 4.12. The summed E-state index contributed by atoms with van der Waals surface area (Å²) in [6.07, 6.45) is 2.91. The molecule has 1 saturated heterocycles. The molecule has 136 valence electrons. The second kappa shape index (κ2) is 10.0. The lowest BCUT2D eigenvalue weighted by atomic mass is 9.93. The van der Waals surface area contributed by atoms with E-state index in [1.165, 1.54) is 18.2 Å². The van der Waals surface area contributed by atoms with Crippen LogP contribution >= 0.6 is 24.0 Å². The highest BCUT2D eigenvalue weighted by molar-refractivity contribution is 6.31. The quantitative estimate of drug-likeness (QED) is 0.812. The number of piperidine rings is 1. The topological polar surface area (TPSA) is 41.6 Å². The fourth-order valence-electron chi connectivity index (χ4n) is 2.81. The van der Waals surface area contributed by atoms with E-state index in [4.69, 9.17) is 11.6 Å². The number of hydrogen-bond acceptors (Lipinski definition) is 3. The number of nitrogens with one attached hydrogen (secondary N) is 1. The molecule has 0 unspecified atom stereocenters. The van der Waals surface area contributed by atoms with Crippen LogP contribution in [-0.2, 0) is 0 Å². The van der Waals surface area contributed by atoms with Crippen LogP contribution in [0.3, 0.4) is 0 Å². The second-order valence-electron chi connectivity index (χ2n) is 5.65. The first-order chi connectivity index (χ1) is 11.0. The van der Waals surface area contributed by atoms with Crippen molar-refractivity contribution in [3.8, 4) is 5.75 Å². The Kier molecular flexibility index (Phi) is 8.73. The summed E-state index contributed by atoms with van der Waals surface area (Å²) in [5.74, 6) is 0.143. The van der Waals surface area contributed by atoms with Gasteiger partial charge in [-0.25, -0.2) is 0 Å². The van der Waals surface area contributed by atoms with Gasteiger partial charge in [0.1, 0.15) is 5.75 Å². The molecular weight excluding hydrogens is 361 g/mol. The maximum Gasteiger partial charge on any atom is 0.387 e. The van der Waals surface area contributed by atoms with E-state index in [0.717, 1.165) is 25.8 Å². The molecule has 1 N–H and O–H groups in total. The van der Waals surface area contributed by atoms with Gasteiger partial charge >= 0.3 is 6.61 Å². The number of benzene rings is 1. The molecule has 1 aromatic rings. The number of halogens is 4. The van der Waals surface area contributed by atoms with E-state index >= 15 is 0 Å². The highest BCUT2D eigenvalue weighted by Crippen LogP contribution is 2.28. The minimum atomic E-state index is -2.98. The maximum atomic E-state index is 12.6. The van der Waals surface area contributed by atoms with Crippen molar-refractivity contribution in [3.05, 3.63) is 28.8 Å². The molecule has 1 amide bonds. The Morgan fingerprint density at radius 3 is 2.67 bits per heavy atom. The van der Waals surface area contributed by atoms with Gasteiger partial charge in [0.05, 0.1) is 5.56 Å². The lowest BCUT2D eigenvalue weighted by Crippen LogP contribution is -2.39. The molecule has 1 aliphatic heterocycles. The molecule has 0 aliphatic carbocycles. The fourth-order valence-corrected chi connectivity index (χ4v) is 2.98. The van der Waals surface area contributed by atoms with Crippen LogP contribution in [0.2, 0.25) is 5.02 Å². The molecule has 1 fully saturated rings. The third-order valence-electron chi connectivity index (χ3n) is 4.09. The molecule has 1 aliphatic rings. The number of carbonyl (C=O) groups excluding carboxylic acids is 1. The molecule has 4 nitrogen and oxygen atoms in total. The summed E-state index contributed by atoms with van der Waals surface area (Å²) >= 11 is 5.90. The molecule has 8 heteroatoms. The Morgan fingerprint density at radius 2 is 2.08 bits per heavy atom. The predicted octanol–water partition coefficient (Wildman–Crippen LogP) is 3.82. The third kappa shape index (κ3) is 5.76. The number of hydrogen-bond donors (Lipinski definition) is 1. The van der Waals surface area contributed by atoms with E-state index in [1.807, 2.05) is 7.05 Å². The number of nitrogens with zero attached hydrogens (tertiary/aromatic N) is 1. The SMILES string of the molecule is CNCCC1CCN(C(=O)c2cc(Cl)ccc2OC(F)F)CC1.Cl. The largest absolute Gasteiger partial charge is 0.434 e. The van der Waals surface area contributed by atoms with Crippen molar-refractivity contribution in [1.82, 2.24) is 10.2 Å². The Bertz CT molecular complexity index is 539. The normalized spacial score (nSPS) is 15.3. The van der Waals surface area contributed by atoms with Gasteiger partial charge < -0.3 is 15.0 Å². The molecule has 1 aromatic carbocycles. The molecule has 0 spiro atoms. The Hall–Kier alpha value is -1.11. The highest BCUT2D eigenvalue weighted by Gasteiger charge is 2.26. The monoisotopic (exact) mass is 382 g/mol. The standard InChI is InChI=1S/C16H21ClF2N2O2.ClH/c1-20-7-4-11-5-8-21(9-6-11)15(22)13-10-12(17)2-3-14(13)23-16(18)19;/h2-3,10-11,16,20H,4-9H2,1H3;1H. The number of carbonyl (C=O) groups is 1. The van der Waals surface area contributed by atoms with Crippen LogP contribution in [0, 0.1) is 5.92 Å². The van der Waals surface area contributed by atoms with Gasteiger partial charge in [0.25, 0.3) is 5.91 Å². The van der Waals surface area contributed by atoms with Crippen LogP contribution in [0.15, 0.2) is 18.2 Å². The summed E-state index contributed by atoms with van der Waals surface area (Å²) in [7, 11) is 1.92. The first kappa shape index (κ1) is 20.9. The van der Waals surface area contributed by atoms with Crippen molar-refractivity contribution < 1.29 is 18.3 Å². The van der Waals surface area contributed by atoms with Gasteiger partial charge in [-0.05, 0) is 57.0 Å². The van der Waals surface area contributed by atoms with Crippen LogP contribution in [0.4, 0.5) is 8.78 Å². The summed E-state index contributed by atoms with van der Waals surface area (Å²) in [4.78, 5) is 14.3. The van der Waals surface area contributed by atoms with E-state index in [2.05, 4.69) is 10.1 Å². The zero-order chi connectivity index (χ0) is 16.8. The van der Waals surface area contributed by atoms with Crippen LogP contribution in [0.25, 0.3) is 0 Å². The van der Waals surface area contributed by atoms with Crippen molar-refractivity contribution in [2.75, 3.05) is 26.7 Å². The minimum absolute atomic E-state index is 0. The Morgan fingerprint density at radius 1 is 1.42 bits per heavy atom. The minimum Gasteiger partial charge on any atom is -0.434 e. The van der Waals surface area contributed by atoms with Gasteiger partial charge in [-0.15, -0.1) is 12.4 Å². The van der Waals surface area contributed by atoms with Gasteiger partial charge in [0.15, 0.2) is 0 Å². The average molecular weight is 383 g/mol. The van der Waals surface area contributed by atoms with Crippen LogP contribution in [0.5, 0.6) is 5.75 Å². The summed E-state index contributed by atoms with van der Waals surface area (Å²) in [5, 5.41) is 3.44. The molecule has 0 bridgehead atoms. The average Bonchev–Trinajstić information content (AvgIpc) is 2.54. The van der Waals surface area contributed by atoms with Crippen molar-refractivity contribution in [1.29, 1.82) is 0 Å². The molecule has 0 saturated carbocycles. The van der Waals surface area contributed by atoms with Gasteiger partial charge in [-0.3, -0.25) is 4.79 Å². The predicted molar refractivity (Wildman–Crippen MR) is 92.5 cm³/mol. The highest BCUT2D eigenvalue weighted by atomic mass is 35.5. The molecule has 0 atom stereocenters. The second-order valence-corrected chi connectivity index (χ2v) is 6.08.